The van der Waals surface area contributed by atoms with Gasteiger partial charge in [-0.2, -0.15) is 0 Å². The number of piperidine rings is 1. The van der Waals surface area contributed by atoms with Crippen molar-refractivity contribution in [3.8, 4) is 5.88 Å². The zero-order valence-corrected chi connectivity index (χ0v) is 18.3. The lowest BCUT2D eigenvalue weighted by Crippen LogP contribution is -2.36. The van der Waals surface area contributed by atoms with Gasteiger partial charge in [-0.15, -0.1) is 0 Å². The Morgan fingerprint density at radius 2 is 1.87 bits per heavy atom. The summed E-state index contributed by atoms with van der Waals surface area (Å²) >= 11 is 0. The highest BCUT2D eigenvalue weighted by atomic mass is 16.5. The van der Waals surface area contributed by atoms with Gasteiger partial charge in [0.15, 0.2) is 0 Å². The number of likely N-dealkylation sites (tertiary alicyclic amines) is 2. The second kappa shape index (κ2) is 9.37. The standard InChI is InChI=1S/C24H30N4O3/c1-17-8-9-21(18(2)15-17)26-24(30)28-14-10-19(16-28)31-22-20(7-6-11-25-22)23(29)27-12-4-3-5-13-27/h6-9,11,15,19H,3-5,10,12-14,16H2,1-2H3,(H,26,30). The van der Waals surface area contributed by atoms with E-state index in [-0.39, 0.29) is 18.0 Å². The topological polar surface area (TPSA) is 74.8 Å². The first-order valence-corrected chi connectivity index (χ1v) is 11.1. The van der Waals surface area contributed by atoms with Gasteiger partial charge in [-0.3, -0.25) is 4.79 Å². The van der Waals surface area contributed by atoms with Crippen molar-refractivity contribution in [2.45, 2.75) is 45.6 Å². The van der Waals surface area contributed by atoms with Crippen LogP contribution in [0.5, 0.6) is 5.88 Å². The molecule has 0 radical (unpaired) electrons. The second-order valence-corrected chi connectivity index (χ2v) is 8.43. The van der Waals surface area contributed by atoms with E-state index >= 15 is 0 Å². The molecule has 2 saturated heterocycles. The van der Waals surface area contributed by atoms with Gasteiger partial charge in [-0.1, -0.05) is 17.7 Å². The average molecular weight is 423 g/mol. The third-order valence-corrected chi connectivity index (χ3v) is 5.98. The lowest BCUT2D eigenvalue weighted by Gasteiger charge is -2.27. The number of benzene rings is 1. The van der Waals surface area contributed by atoms with E-state index in [9.17, 15) is 9.59 Å². The minimum Gasteiger partial charge on any atom is -0.472 e. The zero-order chi connectivity index (χ0) is 21.8. The number of carbonyl (C=O) groups excluding carboxylic acids is 2. The van der Waals surface area contributed by atoms with Crippen LogP contribution in [0.3, 0.4) is 0 Å². The van der Waals surface area contributed by atoms with Gasteiger partial charge >= 0.3 is 6.03 Å². The number of ether oxygens (including phenoxy) is 1. The number of carbonyl (C=O) groups is 2. The maximum atomic E-state index is 13.0. The number of amides is 3. The van der Waals surface area contributed by atoms with E-state index in [1.165, 1.54) is 6.42 Å². The molecule has 7 nitrogen and oxygen atoms in total. The van der Waals surface area contributed by atoms with E-state index in [2.05, 4.69) is 10.3 Å². The smallest absolute Gasteiger partial charge is 0.321 e. The highest BCUT2D eigenvalue weighted by Crippen LogP contribution is 2.24. The van der Waals surface area contributed by atoms with E-state index in [0.29, 0.717) is 31.0 Å². The van der Waals surface area contributed by atoms with Crippen molar-refractivity contribution in [3.63, 3.8) is 0 Å². The number of anilines is 1. The first-order chi connectivity index (χ1) is 15.0. The van der Waals surface area contributed by atoms with E-state index in [4.69, 9.17) is 4.74 Å². The molecule has 1 aromatic heterocycles. The normalized spacial score (nSPS) is 18.7. The molecular weight excluding hydrogens is 392 g/mol. The first kappa shape index (κ1) is 21.2. The van der Waals surface area contributed by atoms with E-state index in [1.807, 2.05) is 36.9 Å². The molecule has 2 aromatic rings. The van der Waals surface area contributed by atoms with Gasteiger partial charge in [0.2, 0.25) is 5.88 Å². The molecule has 0 bridgehead atoms. The molecule has 1 N–H and O–H groups in total. The van der Waals surface area contributed by atoms with E-state index in [0.717, 1.165) is 42.7 Å². The molecule has 2 fully saturated rings. The summed E-state index contributed by atoms with van der Waals surface area (Å²) in [5.41, 5.74) is 3.52. The average Bonchev–Trinajstić information content (AvgIpc) is 3.25. The summed E-state index contributed by atoms with van der Waals surface area (Å²) in [5, 5.41) is 2.99. The fourth-order valence-electron chi connectivity index (χ4n) is 4.23. The number of pyridine rings is 1. The van der Waals surface area contributed by atoms with Crippen LogP contribution in [0.4, 0.5) is 10.5 Å². The Balaban J connectivity index is 1.38. The first-order valence-electron chi connectivity index (χ1n) is 11.1. The Bertz CT molecular complexity index is 956. The lowest BCUT2D eigenvalue weighted by atomic mass is 10.1. The summed E-state index contributed by atoms with van der Waals surface area (Å²) in [5.74, 6) is 0.338. The van der Waals surface area contributed by atoms with Crippen LogP contribution in [0.25, 0.3) is 0 Å². The fraction of sp³-hybridized carbons (Fsp3) is 0.458. The lowest BCUT2D eigenvalue weighted by molar-refractivity contribution is 0.0715. The van der Waals surface area contributed by atoms with Crippen molar-refractivity contribution in [3.05, 3.63) is 53.2 Å². The van der Waals surface area contributed by atoms with Gasteiger partial charge in [0.25, 0.3) is 5.91 Å². The second-order valence-electron chi connectivity index (χ2n) is 8.43. The van der Waals surface area contributed by atoms with E-state index in [1.54, 1.807) is 23.2 Å². The van der Waals surface area contributed by atoms with Crippen molar-refractivity contribution < 1.29 is 14.3 Å². The molecule has 164 valence electrons. The third kappa shape index (κ3) is 4.98. The van der Waals surface area contributed by atoms with Gasteiger partial charge in [-0.25, -0.2) is 9.78 Å². The van der Waals surface area contributed by atoms with Crippen LogP contribution in [-0.4, -0.2) is 59.0 Å². The SMILES string of the molecule is Cc1ccc(NC(=O)N2CCC(Oc3ncccc3C(=O)N3CCCCC3)C2)c(C)c1. The monoisotopic (exact) mass is 422 g/mol. The molecule has 2 aliphatic rings. The summed E-state index contributed by atoms with van der Waals surface area (Å²) in [6.45, 7) is 6.64. The molecule has 7 heteroatoms. The number of aryl methyl sites for hydroxylation is 2. The number of aromatic nitrogens is 1. The quantitative estimate of drug-likeness (QED) is 0.808. The Labute approximate surface area is 183 Å². The van der Waals surface area contributed by atoms with Gasteiger partial charge in [0.05, 0.1) is 6.54 Å². The van der Waals surface area contributed by atoms with Gasteiger partial charge < -0.3 is 19.9 Å². The molecule has 0 aliphatic carbocycles. The van der Waals surface area contributed by atoms with Crippen LogP contribution in [0.2, 0.25) is 0 Å². The van der Waals surface area contributed by atoms with E-state index < -0.39 is 0 Å². The summed E-state index contributed by atoms with van der Waals surface area (Å²) < 4.78 is 6.11. The Morgan fingerprint density at radius 3 is 2.65 bits per heavy atom. The van der Waals surface area contributed by atoms with Crippen LogP contribution in [0.1, 0.15) is 47.2 Å². The molecule has 1 atom stereocenters. The summed E-state index contributed by atoms with van der Waals surface area (Å²) in [4.78, 5) is 33.6. The highest BCUT2D eigenvalue weighted by Gasteiger charge is 2.30. The molecule has 0 spiro atoms. The summed E-state index contributed by atoms with van der Waals surface area (Å²) in [6, 6.07) is 9.37. The molecule has 4 rings (SSSR count). The highest BCUT2D eigenvalue weighted by molar-refractivity contribution is 5.96. The minimum absolute atomic E-state index is 0.0229. The largest absolute Gasteiger partial charge is 0.472 e. The molecule has 31 heavy (non-hydrogen) atoms. The molecular formula is C24H30N4O3. The molecule has 0 saturated carbocycles. The summed E-state index contributed by atoms with van der Waals surface area (Å²) in [6.07, 6.45) is 5.40. The van der Waals surface area contributed by atoms with Crippen molar-refractivity contribution in [1.82, 2.24) is 14.8 Å². The van der Waals surface area contributed by atoms with Crippen molar-refractivity contribution >= 4 is 17.6 Å². The number of rotatable bonds is 4. The Hall–Kier alpha value is -3.09. The third-order valence-electron chi connectivity index (χ3n) is 5.98. The van der Waals surface area contributed by atoms with Gasteiger partial charge in [0.1, 0.15) is 11.7 Å². The Morgan fingerprint density at radius 1 is 1.06 bits per heavy atom. The fourth-order valence-corrected chi connectivity index (χ4v) is 4.23. The van der Waals surface area contributed by atoms with Crippen molar-refractivity contribution in [2.75, 3.05) is 31.5 Å². The molecule has 3 heterocycles. The summed E-state index contributed by atoms with van der Waals surface area (Å²) in [7, 11) is 0. The number of hydrogen-bond donors (Lipinski definition) is 1. The van der Waals surface area contributed by atoms with Crippen molar-refractivity contribution in [1.29, 1.82) is 0 Å². The van der Waals surface area contributed by atoms with Crippen LogP contribution in [0.15, 0.2) is 36.5 Å². The number of nitrogens with one attached hydrogen (secondary N) is 1. The number of hydrogen-bond acceptors (Lipinski definition) is 4. The van der Waals surface area contributed by atoms with Gasteiger partial charge in [-0.05, 0) is 56.9 Å². The number of nitrogens with zero attached hydrogens (tertiary/aromatic N) is 3. The molecule has 1 aromatic carbocycles. The minimum atomic E-state index is -0.187. The van der Waals surface area contributed by atoms with Crippen LogP contribution in [0, 0.1) is 13.8 Å². The van der Waals surface area contributed by atoms with Gasteiger partial charge in [0, 0.05) is 37.9 Å². The number of urea groups is 1. The van der Waals surface area contributed by atoms with Crippen LogP contribution < -0.4 is 10.1 Å². The van der Waals surface area contributed by atoms with Crippen LogP contribution in [-0.2, 0) is 0 Å². The Kier molecular flexibility index (Phi) is 6.39. The van der Waals surface area contributed by atoms with Crippen molar-refractivity contribution in [2.24, 2.45) is 0 Å². The molecule has 1 unspecified atom stereocenters. The maximum absolute atomic E-state index is 13.0. The maximum Gasteiger partial charge on any atom is 0.321 e. The predicted octanol–water partition coefficient (Wildman–Crippen LogP) is 4.01. The van der Waals surface area contributed by atoms with Crippen LogP contribution >= 0.6 is 0 Å². The predicted molar refractivity (Wildman–Crippen MR) is 120 cm³/mol. The molecule has 2 aliphatic heterocycles. The zero-order valence-electron chi connectivity index (χ0n) is 18.3. The molecule has 3 amide bonds.